The van der Waals surface area contributed by atoms with Gasteiger partial charge in [-0.15, -0.1) is 0 Å². The molecule has 2 N–H and O–H groups in total. The molecule has 5 nitrogen and oxygen atoms in total. The van der Waals surface area contributed by atoms with Crippen LogP contribution in [0.15, 0.2) is 97.3 Å². The number of alkyl halides is 3. The number of pyridine rings is 1. The number of nitrogens with one attached hydrogen (secondary N) is 2. The molecule has 1 aromatic heterocycles. The van der Waals surface area contributed by atoms with Crippen LogP contribution in [0.3, 0.4) is 0 Å². The number of anilines is 1. The Hall–Kier alpha value is -4.46. The van der Waals surface area contributed by atoms with Crippen LogP contribution < -0.4 is 10.6 Å². The zero-order valence-electron chi connectivity index (χ0n) is 18.3. The predicted molar refractivity (Wildman–Crippen MR) is 127 cm³/mol. The highest BCUT2D eigenvalue weighted by Crippen LogP contribution is 2.32. The van der Waals surface area contributed by atoms with Crippen LogP contribution in [0.4, 0.5) is 18.9 Å². The van der Waals surface area contributed by atoms with Gasteiger partial charge in [0.15, 0.2) is 0 Å². The second-order valence-corrected chi connectivity index (χ2v) is 7.69. The van der Waals surface area contributed by atoms with E-state index in [4.69, 9.17) is 0 Å². The number of hydrogen-bond acceptors (Lipinski definition) is 3. The molecule has 4 rings (SSSR count). The lowest BCUT2D eigenvalue weighted by Gasteiger charge is -2.12. The minimum absolute atomic E-state index is 0.218. The second kappa shape index (κ2) is 10.2. The van der Waals surface area contributed by atoms with E-state index in [2.05, 4.69) is 15.6 Å². The Bertz CT molecular complexity index is 1320. The molecule has 0 atom stereocenters. The molecule has 1 heterocycles. The van der Waals surface area contributed by atoms with E-state index in [0.29, 0.717) is 34.5 Å². The maximum atomic E-state index is 12.9. The molecular formula is C27H20F3N3O2. The smallest absolute Gasteiger partial charge is 0.348 e. The van der Waals surface area contributed by atoms with E-state index in [9.17, 15) is 22.8 Å². The zero-order valence-corrected chi connectivity index (χ0v) is 18.3. The molecule has 0 bridgehead atoms. The minimum atomic E-state index is -4.43. The van der Waals surface area contributed by atoms with Gasteiger partial charge in [0.25, 0.3) is 11.8 Å². The van der Waals surface area contributed by atoms with Crippen LogP contribution in [0.2, 0.25) is 0 Å². The van der Waals surface area contributed by atoms with Crippen LogP contribution in [0.25, 0.3) is 11.1 Å². The number of hydrogen-bond donors (Lipinski definition) is 2. The molecule has 0 unspecified atom stereocenters. The van der Waals surface area contributed by atoms with Gasteiger partial charge in [-0.25, -0.2) is 0 Å². The maximum absolute atomic E-state index is 12.9. The number of aromatic nitrogens is 1. The highest BCUT2D eigenvalue weighted by Gasteiger charge is 2.30. The lowest BCUT2D eigenvalue weighted by atomic mass is 9.98. The summed E-state index contributed by atoms with van der Waals surface area (Å²) in [5.74, 6) is -0.608. The fourth-order valence-electron chi connectivity index (χ4n) is 3.46. The van der Waals surface area contributed by atoms with Crippen molar-refractivity contribution in [1.82, 2.24) is 10.3 Å². The summed E-state index contributed by atoms with van der Waals surface area (Å²) in [7, 11) is 0. The summed E-state index contributed by atoms with van der Waals surface area (Å²) in [5.41, 5.74) is 2.51. The molecule has 35 heavy (non-hydrogen) atoms. The Labute approximate surface area is 199 Å². The van der Waals surface area contributed by atoms with Crippen LogP contribution in [-0.4, -0.2) is 16.8 Å². The molecule has 8 heteroatoms. The molecule has 0 aliphatic heterocycles. The highest BCUT2D eigenvalue weighted by atomic mass is 19.4. The molecule has 0 saturated heterocycles. The second-order valence-electron chi connectivity index (χ2n) is 7.69. The third kappa shape index (κ3) is 5.92. The van der Waals surface area contributed by atoms with Gasteiger partial charge in [0, 0.05) is 35.8 Å². The van der Waals surface area contributed by atoms with Gasteiger partial charge in [0.05, 0.1) is 5.56 Å². The fourth-order valence-corrected chi connectivity index (χ4v) is 3.46. The van der Waals surface area contributed by atoms with E-state index in [1.807, 2.05) is 0 Å². The summed E-state index contributed by atoms with van der Waals surface area (Å²) in [6, 6.07) is 21.6. The van der Waals surface area contributed by atoms with Crippen molar-refractivity contribution in [3.8, 4) is 11.1 Å². The van der Waals surface area contributed by atoms with Crippen molar-refractivity contribution in [2.45, 2.75) is 12.7 Å². The summed E-state index contributed by atoms with van der Waals surface area (Å²) in [4.78, 5) is 29.0. The number of rotatable bonds is 6. The Morgan fingerprint density at radius 3 is 2.09 bits per heavy atom. The van der Waals surface area contributed by atoms with Gasteiger partial charge >= 0.3 is 6.18 Å². The Balaban J connectivity index is 1.42. The van der Waals surface area contributed by atoms with E-state index in [-0.39, 0.29) is 11.8 Å². The molecule has 0 aliphatic rings. The molecule has 0 spiro atoms. The molecule has 2 amide bonds. The molecule has 0 radical (unpaired) electrons. The topological polar surface area (TPSA) is 71.1 Å². The molecule has 0 aliphatic carbocycles. The monoisotopic (exact) mass is 475 g/mol. The van der Waals surface area contributed by atoms with Crippen molar-refractivity contribution in [2.75, 3.05) is 5.32 Å². The van der Waals surface area contributed by atoms with Crippen molar-refractivity contribution in [1.29, 1.82) is 0 Å². The highest BCUT2D eigenvalue weighted by molar-refractivity contribution is 6.08. The van der Waals surface area contributed by atoms with Gasteiger partial charge in [0.2, 0.25) is 0 Å². The maximum Gasteiger partial charge on any atom is 0.416 e. The molecular weight excluding hydrogens is 455 g/mol. The summed E-state index contributed by atoms with van der Waals surface area (Å²) in [5, 5.41) is 5.62. The van der Waals surface area contributed by atoms with Crippen LogP contribution in [0, 0.1) is 0 Å². The van der Waals surface area contributed by atoms with Crippen molar-refractivity contribution >= 4 is 17.5 Å². The number of carbonyl (C=O) groups excluding carboxylic acids is 2. The summed E-state index contributed by atoms with van der Waals surface area (Å²) >= 11 is 0. The van der Waals surface area contributed by atoms with E-state index >= 15 is 0 Å². The molecule has 4 aromatic rings. The lowest BCUT2D eigenvalue weighted by molar-refractivity contribution is -0.137. The summed E-state index contributed by atoms with van der Waals surface area (Å²) in [6.45, 7) is 0.312. The van der Waals surface area contributed by atoms with Gasteiger partial charge in [-0.2, -0.15) is 13.2 Å². The number of amides is 2. The van der Waals surface area contributed by atoms with E-state index < -0.39 is 11.7 Å². The SMILES string of the molecule is O=C(NCc1ccc(NC(=O)c2ccccc2-c2ccc(C(F)(F)F)cc2)cc1)c1ccncc1. The minimum Gasteiger partial charge on any atom is -0.348 e. The number of halogens is 3. The fraction of sp³-hybridized carbons (Fsp3) is 0.0741. The van der Waals surface area contributed by atoms with Crippen LogP contribution in [-0.2, 0) is 12.7 Å². The van der Waals surface area contributed by atoms with Crippen molar-refractivity contribution in [3.05, 3.63) is 120 Å². The van der Waals surface area contributed by atoms with Gasteiger partial charge < -0.3 is 10.6 Å². The number of benzene rings is 3. The van der Waals surface area contributed by atoms with Gasteiger partial charge in [-0.1, -0.05) is 42.5 Å². The van der Waals surface area contributed by atoms with E-state index in [1.165, 1.54) is 12.1 Å². The first-order valence-corrected chi connectivity index (χ1v) is 10.7. The van der Waals surface area contributed by atoms with Gasteiger partial charge in [-0.3, -0.25) is 14.6 Å². The average Bonchev–Trinajstić information content (AvgIpc) is 2.88. The van der Waals surface area contributed by atoms with Crippen LogP contribution >= 0.6 is 0 Å². The Kier molecular flexibility index (Phi) is 6.91. The molecule has 3 aromatic carbocycles. The third-order valence-electron chi connectivity index (χ3n) is 5.30. The lowest BCUT2D eigenvalue weighted by Crippen LogP contribution is -2.22. The van der Waals surface area contributed by atoms with Crippen molar-refractivity contribution in [2.24, 2.45) is 0 Å². The average molecular weight is 475 g/mol. The molecule has 0 saturated carbocycles. The number of carbonyl (C=O) groups is 2. The summed E-state index contributed by atoms with van der Waals surface area (Å²) in [6.07, 6.45) is -1.34. The Morgan fingerprint density at radius 1 is 0.771 bits per heavy atom. The van der Waals surface area contributed by atoms with Crippen molar-refractivity contribution in [3.63, 3.8) is 0 Å². The molecule has 0 fully saturated rings. The summed E-state index contributed by atoms with van der Waals surface area (Å²) < 4.78 is 38.6. The van der Waals surface area contributed by atoms with Gasteiger partial charge in [0.1, 0.15) is 0 Å². The van der Waals surface area contributed by atoms with Crippen molar-refractivity contribution < 1.29 is 22.8 Å². The first-order chi connectivity index (χ1) is 16.8. The van der Waals surface area contributed by atoms with E-state index in [0.717, 1.165) is 17.7 Å². The largest absolute Gasteiger partial charge is 0.416 e. The normalized spacial score (nSPS) is 11.1. The van der Waals surface area contributed by atoms with Gasteiger partial charge in [-0.05, 0) is 59.2 Å². The third-order valence-corrected chi connectivity index (χ3v) is 5.30. The Morgan fingerprint density at radius 2 is 1.43 bits per heavy atom. The zero-order chi connectivity index (χ0) is 24.8. The molecule has 176 valence electrons. The van der Waals surface area contributed by atoms with Crippen LogP contribution in [0.5, 0.6) is 0 Å². The van der Waals surface area contributed by atoms with E-state index in [1.54, 1.807) is 73.1 Å². The first kappa shape index (κ1) is 23.7. The number of nitrogens with zero attached hydrogens (tertiary/aromatic N) is 1. The first-order valence-electron chi connectivity index (χ1n) is 10.7. The van der Waals surface area contributed by atoms with Crippen LogP contribution in [0.1, 0.15) is 31.8 Å². The quantitative estimate of drug-likeness (QED) is 0.362. The predicted octanol–water partition coefficient (Wildman–Crippen LogP) is 5.95. The standard InChI is InChI=1S/C27H20F3N3O2/c28-27(29,30)21-9-7-19(8-10-21)23-3-1-2-4-24(23)26(35)33-22-11-5-18(6-12-22)17-32-25(34)20-13-15-31-16-14-20/h1-16H,17H2,(H,32,34)(H,33,35).